The van der Waals surface area contributed by atoms with Gasteiger partial charge in [-0.2, -0.15) is 0 Å². The molecule has 6 aromatic carbocycles. The number of guanidine groups is 2. The van der Waals surface area contributed by atoms with E-state index >= 15 is 0 Å². The molecule has 10 atom stereocenters. The summed E-state index contributed by atoms with van der Waals surface area (Å²) in [5.74, 6) is -8.80. The molecule has 9 amide bonds. The second-order valence-corrected chi connectivity index (χ2v) is 25.4. The van der Waals surface area contributed by atoms with E-state index in [-0.39, 0.29) is 95.1 Å². The van der Waals surface area contributed by atoms with Crippen molar-refractivity contribution in [1.29, 1.82) is 0 Å². The van der Waals surface area contributed by atoms with Gasteiger partial charge in [-0.25, -0.2) is 0 Å². The molecule has 7 rings (SSSR count). The number of aromatic hydroxyl groups is 1. The lowest BCUT2D eigenvalue weighted by Crippen LogP contribution is -2.61. The predicted octanol–water partition coefficient (Wildman–Crippen LogP) is 0.110. The monoisotopic (exact) mass is 1410 g/mol. The van der Waals surface area contributed by atoms with Crippen LogP contribution in [-0.4, -0.2) is 184 Å². The second-order valence-electron chi connectivity index (χ2n) is 25.4. The van der Waals surface area contributed by atoms with Crippen LogP contribution in [0.1, 0.15) is 80.2 Å². The van der Waals surface area contributed by atoms with Crippen LogP contribution in [0.15, 0.2) is 168 Å². The number of fused-ring (bicyclic) bond motifs is 1. The van der Waals surface area contributed by atoms with Gasteiger partial charge in [0.2, 0.25) is 53.2 Å². The molecule has 29 heteroatoms. The van der Waals surface area contributed by atoms with Crippen LogP contribution in [0, 0.1) is 0 Å². The summed E-state index contributed by atoms with van der Waals surface area (Å²) in [5.41, 5.74) is 25.4. The Hall–Kier alpha value is -11.5. The molecule has 1 heterocycles. The summed E-state index contributed by atoms with van der Waals surface area (Å²) >= 11 is 0. The maximum atomic E-state index is 15.0. The number of nitrogens with two attached hydrogens (primary N) is 4. The van der Waals surface area contributed by atoms with Gasteiger partial charge in [-0.05, 0) is 96.2 Å². The first kappa shape index (κ1) is 78.9. The van der Waals surface area contributed by atoms with E-state index < -0.39 is 126 Å². The van der Waals surface area contributed by atoms with Crippen molar-refractivity contribution in [1.82, 2.24) is 52.8 Å². The Morgan fingerprint density at radius 3 is 1.28 bits per heavy atom. The molecular weight excluding hydrogens is 1320 g/mol. The fourth-order valence-corrected chi connectivity index (χ4v) is 11.9. The molecule has 1 saturated heterocycles. The van der Waals surface area contributed by atoms with E-state index in [0.717, 1.165) is 16.3 Å². The predicted molar refractivity (Wildman–Crippen MR) is 388 cm³/mol. The summed E-state index contributed by atoms with van der Waals surface area (Å²) in [5, 5.41) is 57.4. The average Bonchev–Trinajstić information content (AvgIpc) is 1.28. The number of benzene rings is 6. The molecule has 0 unspecified atom stereocenters. The number of phenolic OH excluding ortho intramolecular Hbond substituents is 1. The van der Waals surface area contributed by atoms with Gasteiger partial charge >= 0.3 is 5.97 Å². The molecule has 0 aromatic heterocycles. The molecular formula is C74H94N16O13. The van der Waals surface area contributed by atoms with Crippen LogP contribution in [0.4, 0.5) is 0 Å². The maximum Gasteiger partial charge on any atom is 0.320 e. The Kier molecular flexibility index (Phi) is 30.7. The zero-order valence-electron chi connectivity index (χ0n) is 57.7. The number of nitrogens with one attached hydrogen (secondary N) is 9. The van der Waals surface area contributed by atoms with Gasteiger partial charge in [-0.1, -0.05) is 146 Å². The number of aliphatic imine (C=N–C) groups is 2. The fourth-order valence-electron chi connectivity index (χ4n) is 11.9. The van der Waals surface area contributed by atoms with Crippen LogP contribution in [0.5, 0.6) is 5.75 Å². The molecule has 1 aliphatic rings. The Bertz CT molecular complexity index is 3900. The van der Waals surface area contributed by atoms with Gasteiger partial charge in [0.05, 0.1) is 6.61 Å². The number of aliphatic hydroxyl groups is 1. The van der Waals surface area contributed by atoms with Crippen LogP contribution >= 0.6 is 0 Å². The Morgan fingerprint density at radius 1 is 0.466 bits per heavy atom. The molecule has 1 aliphatic heterocycles. The van der Waals surface area contributed by atoms with Crippen molar-refractivity contribution in [2.45, 2.75) is 145 Å². The second kappa shape index (κ2) is 40.1. The van der Waals surface area contributed by atoms with Crippen LogP contribution < -0.4 is 70.8 Å². The van der Waals surface area contributed by atoms with Crippen LogP contribution in [0.3, 0.4) is 0 Å². The number of aliphatic hydroxyl groups excluding tert-OH is 1. The van der Waals surface area contributed by atoms with E-state index in [2.05, 4.69) is 57.8 Å². The highest BCUT2D eigenvalue weighted by atomic mass is 16.4. The van der Waals surface area contributed by atoms with Crippen molar-refractivity contribution < 1.29 is 63.3 Å². The largest absolute Gasteiger partial charge is 0.508 e. The molecule has 0 spiro atoms. The molecule has 0 saturated carbocycles. The summed E-state index contributed by atoms with van der Waals surface area (Å²) in [4.78, 5) is 152. The van der Waals surface area contributed by atoms with Gasteiger partial charge in [0, 0.05) is 71.2 Å². The van der Waals surface area contributed by atoms with Crippen molar-refractivity contribution >= 4 is 81.8 Å². The minimum Gasteiger partial charge on any atom is -0.508 e. The smallest absolute Gasteiger partial charge is 0.320 e. The fraction of sp³-hybridized carbons (Fsp3) is 0.378. The first-order valence-corrected chi connectivity index (χ1v) is 34.2. The molecule has 548 valence electrons. The summed E-state index contributed by atoms with van der Waals surface area (Å²) in [6.45, 7) is 2.26. The van der Waals surface area contributed by atoms with E-state index in [1.807, 2.05) is 42.5 Å². The highest BCUT2D eigenvalue weighted by molar-refractivity contribution is 5.99. The molecule has 0 aliphatic carbocycles. The molecule has 1 fully saturated rings. The number of hydrogen-bond donors (Lipinski definition) is 16. The quantitative estimate of drug-likeness (QED) is 0.0138. The number of nitrogens with zero attached hydrogens (tertiary/aromatic N) is 3. The molecule has 103 heavy (non-hydrogen) atoms. The van der Waals surface area contributed by atoms with Gasteiger partial charge in [0.15, 0.2) is 11.9 Å². The SMILES string of the molecule is CC(=O)N[C@@H](Cc1ccc2ccccc2c1)C(=O)N[C@@H](Cc1ccccc1)C(=O)N[C@@H](Cc1ccccc1)C(=O)N[C@@H](CO)C(=O)N[C@@H](Cc1ccc(O)cc1)C(=O)N[C@@H](CCCN=C(N)N)C(=O)N[C@@H](Cc1ccccc1)C(=O)N[C@@H](CCCN=C(N)N)C(=O)N1CCC[C@@H]1CN[C@@H](C)C(=O)O. The third-order valence-electron chi connectivity index (χ3n) is 17.3. The summed E-state index contributed by atoms with van der Waals surface area (Å²) in [7, 11) is 0. The van der Waals surface area contributed by atoms with Crippen LogP contribution in [-0.2, 0) is 80.0 Å². The third-order valence-corrected chi connectivity index (χ3v) is 17.3. The van der Waals surface area contributed by atoms with Crippen LogP contribution in [0.25, 0.3) is 10.8 Å². The maximum absolute atomic E-state index is 15.0. The normalized spacial score (nSPS) is 15.1. The number of carbonyl (C=O) groups excluding carboxylic acids is 9. The number of likely N-dealkylation sites (tertiary alicyclic amines) is 1. The lowest BCUT2D eigenvalue weighted by atomic mass is 9.99. The first-order valence-electron chi connectivity index (χ1n) is 34.2. The number of carboxylic acid groups (broad SMARTS) is 1. The molecule has 0 bridgehead atoms. The van der Waals surface area contributed by atoms with E-state index in [1.165, 1.54) is 38.1 Å². The number of hydrogen-bond acceptors (Lipinski definition) is 15. The summed E-state index contributed by atoms with van der Waals surface area (Å²) in [6.07, 6.45) is 0.758. The number of carbonyl (C=O) groups is 10. The number of phenols is 1. The Morgan fingerprint density at radius 2 is 0.835 bits per heavy atom. The van der Waals surface area contributed by atoms with E-state index in [9.17, 15) is 63.3 Å². The van der Waals surface area contributed by atoms with Gasteiger partial charge in [0.1, 0.15) is 60.1 Å². The first-order chi connectivity index (χ1) is 49.4. The number of rotatable bonds is 39. The topological polar surface area (TPSA) is 472 Å². The van der Waals surface area contributed by atoms with Gasteiger partial charge < -0.3 is 91.0 Å². The summed E-state index contributed by atoms with van der Waals surface area (Å²) < 4.78 is 0. The van der Waals surface area contributed by atoms with Gasteiger partial charge in [-0.3, -0.25) is 57.9 Å². The summed E-state index contributed by atoms with van der Waals surface area (Å²) in [6, 6.07) is 32.1. The highest BCUT2D eigenvalue weighted by Gasteiger charge is 2.38. The zero-order valence-corrected chi connectivity index (χ0v) is 57.7. The number of aliphatic carboxylic acids is 1. The molecule has 6 aromatic rings. The minimum atomic E-state index is -1.81. The number of amides is 9. The van der Waals surface area contributed by atoms with Crippen molar-refractivity contribution in [3.05, 3.63) is 186 Å². The zero-order chi connectivity index (χ0) is 74.4. The molecule has 0 radical (unpaired) electrons. The van der Waals surface area contributed by atoms with E-state index in [4.69, 9.17) is 22.9 Å². The van der Waals surface area contributed by atoms with E-state index in [1.54, 1.807) is 95.9 Å². The van der Waals surface area contributed by atoms with Gasteiger partial charge in [-0.15, -0.1) is 0 Å². The van der Waals surface area contributed by atoms with E-state index in [0.29, 0.717) is 41.6 Å². The van der Waals surface area contributed by atoms with Crippen molar-refractivity contribution in [2.75, 3.05) is 32.8 Å². The van der Waals surface area contributed by atoms with Crippen LogP contribution in [0.2, 0.25) is 0 Å². The Balaban J connectivity index is 1.14. The van der Waals surface area contributed by atoms with Crippen molar-refractivity contribution in [3.63, 3.8) is 0 Å². The lowest BCUT2D eigenvalue weighted by Gasteiger charge is -2.31. The average molecular weight is 1420 g/mol. The molecule has 29 nitrogen and oxygen atoms in total. The highest BCUT2D eigenvalue weighted by Crippen LogP contribution is 2.22. The van der Waals surface area contributed by atoms with Crippen molar-refractivity contribution in [3.8, 4) is 5.75 Å². The Labute approximate surface area is 597 Å². The number of carboxylic acids is 1. The minimum absolute atomic E-state index is 0.0206. The standard InChI is InChI=1S/C74H94N16O13/c1-45(72(102)103)81-43-54-25-16-36-90(54)71(101)57(27-15-35-80-74(77)78)84-67(97)59(38-47-17-6-3-7-18-47)85-64(94)56(26-14-34-79-73(75)76)83-66(96)62(41-50-29-32-55(93)33-30-50)88-70(100)63(44-91)89-69(99)61(40-49-21-10-5-11-22-49)87-68(98)60(39-48-19-8-4-9-20-48)86-65(95)58(82-46(2)92)42-51-28-31-52-23-12-13-24-53(52)37-51/h3-13,17-24,28-33,37,45,54,56-63,81,91,93H,14-16,25-27,34-36,38-44H2,1-2H3,(H,82,92)(H,83,96)(H,84,97)(H,85,94)(H,86,95)(H,87,98)(H,88,100)(H,89,99)(H,102,103)(H4,75,76,79)(H4,77,78,80)/t45-,54+,56-,57-,58-,59-,60-,61-,62-,63-/m0/s1. The lowest BCUT2D eigenvalue weighted by molar-refractivity contribution is -0.139. The van der Waals surface area contributed by atoms with Gasteiger partial charge in [0.25, 0.3) is 0 Å². The molecule has 20 N–H and O–H groups in total. The third kappa shape index (κ3) is 25.9. The van der Waals surface area contributed by atoms with Crippen molar-refractivity contribution in [2.24, 2.45) is 32.9 Å².